The Morgan fingerprint density at radius 1 is 1.10 bits per heavy atom. The minimum atomic E-state index is 0.531. The molecule has 1 aliphatic rings. The number of aromatic nitrogens is 2. The number of halogens is 1. The molecule has 0 amide bonds. The number of hydrogen-bond acceptors (Lipinski definition) is 3. The molecule has 3 aromatic carbocycles. The normalized spacial score (nSPS) is 14.4. The number of fused-ring (bicyclic) bond motifs is 3. The van der Waals surface area contributed by atoms with Crippen molar-refractivity contribution in [3.63, 3.8) is 0 Å². The third kappa shape index (κ3) is 3.63. The molecule has 0 saturated carbocycles. The number of para-hydroxylation sites is 1. The second-order valence-corrected chi connectivity index (χ2v) is 8.59. The van der Waals surface area contributed by atoms with Crippen LogP contribution in [0.15, 0.2) is 71.3 Å². The van der Waals surface area contributed by atoms with E-state index in [4.69, 9.17) is 9.47 Å². The number of ether oxygens (including phenoxy) is 2. The Kier molecular flexibility index (Phi) is 5.28. The summed E-state index contributed by atoms with van der Waals surface area (Å²) in [5.74, 6) is 1.78. The van der Waals surface area contributed by atoms with Crippen LogP contribution in [0, 0.1) is 0 Å². The van der Waals surface area contributed by atoms with E-state index >= 15 is 0 Å². The Labute approximate surface area is 190 Å². The molecule has 0 aliphatic carbocycles. The summed E-state index contributed by atoms with van der Waals surface area (Å²) in [6.07, 6.45) is 2.87. The fourth-order valence-corrected chi connectivity index (χ4v) is 4.55. The van der Waals surface area contributed by atoms with Gasteiger partial charge in [0.1, 0.15) is 18.1 Å². The molecule has 5 rings (SSSR count). The van der Waals surface area contributed by atoms with E-state index in [-0.39, 0.29) is 0 Å². The van der Waals surface area contributed by atoms with Crippen molar-refractivity contribution in [2.24, 2.45) is 0 Å². The first-order chi connectivity index (χ1) is 15.2. The summed E-state index contributed by atoms with van der Waals surface area (Å²) in [5, 5.41) is 5.80. The lowest BCUT2D eigenvalue weighted by Gasteiger charge is -2.13. The zero-order valence-corrected chi connectivity index (χ0v) is 19.1. The Bertz CT molecular complexity index is 1290. The molecular formula is C26H23BrN2O2. The molecule has 0 unspecified atom stereocenters. The highest BCUT2D eigenvalue weighted by molar-refractivity contribution is 9.11. The van der Waals surface area contributed by atoms with Gasteiger partial charge in [-0.25, -0.2) is 0 Å². The van der Waals surface area contributed by atoms with Crippen molar-refractivity contribution in [1.29, 1.82) is 0 Å². The molecule has 4 nitrogen and oxygen atoms in total. The van der Waals surface area contributed by atoms with Crippen LogP contribution in [0.4, 0.5) is 0 Å². The molecule has 0 fully saturated rings. The van der Waals surface area contributed by atoms with E-state index in [1.807, 2.05) is 35.1 Å². The van der Waals surface area contributed by atoms with Gasteiger partial charge in [0.05, 0.1) is 25.4 Å². The summed E-state index contributed by atoms with van der Waals surface area (Å²) < 4.78 is 14.7. The zero-order chi connectivity index (χ0) is 21.4. The third-order valence-corrected chi connectivity index (χ3v) is 6.71. The topological polar surface area (TPSA) is 36.3 Å². The molecule has 0 N–H and O–H groups in total. The minimum absolute atomic E-state index is 0.531. The molecular weight excluding hydrogens is 452 g/mol. The van der Waals surface area contributed by atoms with Crippen molar-refractivity contribution in [1.82, 2.24) is 9.78 Å². The zero-order valence-electron chi connectivity index (χ0n) is 17.6. The van der Waals surface area contributed by atoms with Crippen LogP contribution in [-0.4, -0.2) is 16.9 Å². The van der Waals surface area contributed by atoms with Crippen molar-refractivity contribution < 1.29 is 9.47 Å². The summed E-state index contributed by atoms with van der Waals surface area (Å²) >= 11 is 3.83. The van der Waals surface area contributed by atoms with E-state index < -0.39 is 0 Å². The summed E-state index contributed by atoms with van der Waals surface area (Å²) in [7, 11) is 1.68. The molecule has 0 radical (unpaired) electrons. The van der Waals surface area contributed by atoms with Crippen molar-refractivity contribution in [2.75, 3.05) is 7.11 Å². The largest absolute Gasteiger partial charge is 0.497 e. The highest BCUT2D eigenvalue weighted by atomic mass is 79.9. The maximum Gasteiger partial charge on any atom is 0.127 e. The standard InChI is InChI=1S/C26H23BrN2O2/c1-3-23(27)26-21-6-4-5-7-25(21)31-16-19-13-24-18(12-22(19)26)14-28-29(24)15-17-8-10-20(30-2)11-9-17/h4-14H,3,15-16H2,1-2H3. The maximum atomic E-state index is 6.21. The first-order valence-electron chi connectivity index (χ1n) is 10.4. The van der Waals surface area contributed by atoms with Crippen molar-refractivity contribution >= 4 is 32.4 Å². The number of nitrogens with zero attached hydrogens (tertiary/aromatic N) is 2. The van der Waals surface area contributed by atoms with Gasteiger partial charge in [-0.1, -0.05) is 53.2 Å². The van der Waals surface area contributed by atoms with Crippen LogP contribution in [0.3, 0.4) is 0 Å². The molecule has 2 heterocycles. The SMILES string of the molecule is CCC(Br)=C1c2cc3cnn(Cc4ccc(OC)cc4)c3cc2COc2ccccc21. The van der Waals surface area contributed by atoms with Gasteiger partial charge < -0.3 is 9.47 Å². The Morgan fingerprint density at radius 2 is 1.90 bits per heavy atom. The third-order valence-electron chi connectivity index (χ3n) is 5.75. The lowest BCUT2D eigenvalue weighted by Crippen LogP contribution is -2.03. The highest BCUT2D eigenvalue weighted by Crippen LogP contribution is 2.42. The second kappa shape index (κ2) is 8.23. The molecule has 156 valence electrons. The lowest BCUT2D eigenvalue weighted by molar-refractivity contribution is 0.307. The number of allylic oxidation sites excluding steroid dienone is 1. The van der Waals surface area contributed by atoms with Crippen LogP contribution in [-0.2, 0) is 13.2 Å². The van der Waals surface area contributed by atoms with E-state index in [2.05, 4.69) is 64.4 Å². The van der Waals surface area contributed by atoms with Crippen LogP contribution >= 0.6 is 15.9 Å². The molecule has 1 aromatic heterocycles. The quantitative estimate of drug-likeness (QED) is 0.336. The van der Waals surface area contributed by atoms with Gasteiger partial charge in [0.2, 0.25) is 0 Å². The molecule has 0 saturated heterocycles. The number of rotatable bonds is 4. The average molecular weight is 475 g/mol. The minimum Gasteiger partial charge on any atom is -0.497 e. The van der Waals surface area contributed by atoms with Gasteiger partial charge in [0.25, 0.3) is 0 Å². The summed E-state index contributed by atoms with van der Waals surface area (Å²) in [5.41, 5.74) is 6.99. The maximum absolute atomic E-state index is 6.21. The molecule has 5 heteroatoms. The van der Waals surface area contributed by atoms with Crippen LogP contribution in [0.25, 0.3) is 16.5 Å². The van der Waals surface area contributed by atoms with Gasteiger partial charge in [-0.2, -0.15) is 5.10 Å². The molecule has 1 aliphatic heterocycles. The van der Waals surface area contributed by atoms with Gasteiger partial charge >= 0.3 is 0 Å². The van der Waals surface area contributed by atoms with Crippen molar-refractivity contribution in [2.45, 2.75) is 26.5 Å². The molecule has 0 bridgehead atoms. The number of benzene rings is 3. The first-order valence-corrected chi connectivity index (χ1v) is 11.2. The van der Waals surface area contributed by atoms with Gasteiger partial charge in [0.15, 0.2) is 0 Å². The van der Waals surface area contributed by atoms with Gasteiger partial charge in [-0.15, -0.1) is 0 Å². The predicted molar refractivity (Wildman–Crippen MR) is 128 cm³/mol. The molecule has 0 atom stereocenters. The number of hydrogen-bond donors (Lipinski definition) is 0. The smallest absolute Gasteiger partial charge is 0.127 e. The Morgan fingerprint density at radius 3 is 2.68 bits per heavy atom. The molecule has 0 spiro atoms. The van der Waals surface area contributed by atoms with Crippen molar-refractivity contribution in [3.05, 3.63) is 93.6 Å². The Hall–Kier alpha value is -3.05. The highest BCUT2D eigenvalue weighted by Gasteiger charge is 2.22. The summed E-state index contributed by atoms with van der Waals surface area (Å²) in [4.78, 5) is 0. The monoisotopic (exact) mass is 474 g/mol. The van der Waals surface area contributed by atoms with E-state index in [9.17, 15) is 0 Å². The lowest BCUT2D eigenvalue weighted by atomic mass is 9.92. The fraction of sp³-hybridized carbons (Fsp3) is 0.192. The fourth-order valence-electron chi connectivity index (χ4n) is 4.12. The van der Waals surface area contributed by atoms with Crippen LogP contribution in [0.1, 0.15) is 35.6 Å². The van der Waals surface area contributed by atoms with E-state index in [0.29, 0.717) is 13.2 Å². The first kappa shape index (κ1) is 19.9. The van der Waals surface area contributed by atoms with Crippen LogP contribution in [0.5, 0.6) is 11.5 Å². The summed E-state index contributed by atoms with van der Waals surface area (Å²) in [6.45, 7) is 3.40. The summed E-state index contributed by atoms with van der Waals surface area (Å²) in [6, 6.07) is 20.9. The van der Waals surface area contributed by atoms with Crippen LogP contribution in [0.2, 0.25) is 0 Å². The second-order valence-electron chi connectivity index (χ2n) is 7.64. The molecule has 31 heavy (non-hydrogen) atoms. The molecule has 4 aromatic rings. The average Bonchev–Trinajstić information content (AvgIpc) is 3.11. The van der Waals surface area contributed by atoms with Gasteiger partial charge in [-0.05, 0) is 53.4 Å². The number of methoxy groups -OCH3 is 1. The predicted octanol–water partition coefficient (Wildman–Crippen LogP) is 6.55. The van der Waals surface area contributed by atoms with Gasteiger partial charge in [0, 0.05) is 21.0 Å². The van der Waals surface area contributed by atoms with Crippen molar-refractivity contribution in [3.8, 4) is 11.5 Å². The Balaban J connectivity index is 1.61. The van der Waals surface area contributed by atoms with E-state index in [1.165, 1.54) is 26.7 Å². The van der Waals surface area contributed by atoms with Gasteiger partial charge in [-0.3, -0.25) is 4.68 Å². The van der Waals surface area contributed by atoms with E-state index in [0.717, 1.165) is 34.4 Å². The van der Waals surface area contributed by atoms with Crippen LogP contribution < -0.4 is 9.47 Å². The van der Waals surface area contributed by atoms with E-state index in [1.54, 1.807) is 7.11 Å².